The van der Waals surface area contributed by atoms with Crippen LogP contribution in [0.15, 0.2) is 194 Å². The monoisotopic (exact) mass is 694 g/mol. The SMILES string of the molecule is Cc1c(C)c(N(c2ccccc2)c2ccc(/C=C/c3ccccc3)cc2)c2ccccc2c1N(c1ccccc1)c1ccc(/C=C/c2ccccc2)cc1. The Morgan fingerprint density at radius 1 is 0.278 bits per heavy atom. The first-order chi connectivity index (χ1) is 26.6. The van der Waals surface area contributed by atoms with Crippen molar-refractivity contribution in [2.24, 2.45) is 0 Å². The van der Waals surface area contributed by atoms with Crippen LogP contribution in [0.25, 0.3) is 35.1 Å². The van der Waals surface area contributed by atoms with Crippen molar-refractivity contribution in [3.05, 3.63) is 228 Å². The maximum atomic E-state index is 2.42. The van der Waals surface area contributed by atoms with E-state index in [1.54, 1.807) is 0 Å². The van der Waals surface area contributed by atoms with Crippen molar-refractivity contribution in [3.63, 3.8) is 0 Å². The highest BCUT2D eigenvalue weighted by Gasteiger charge is 2.25. The Balaban J connectivity index is 1.25. The van der Waals surface area contributed by atoms with E-state index in [0.29, 0.717) is 0 Å². The lowest BCUT2D eigenvalue weighted by Crippen LogP contribution is -2.16. The van der Waals surface area contributed by atoms with Crippen LogP contribution in [0.4, 0.5) is 34.1 Å². The van der Waals surface area contributed by atoms with Gasteiger partial charge in [-0.15, -0.1) is 0 Å². The largest absolute Gasteiger partial charge is 0.310 e. The summed E-state index contributed by atoms with van der Waals surface area (Å²) < 4.78 is 0. The fourth-order valence-electron chi connectivity index (χ4n) is 7.18. The molecule has 0 heterocycles. The van der Waals surface area contributed by atoms with Gasteiger partial charge in [0.05, 0.1) is 11.4 Å². The van der Waals surface area contributed by atoms with Crippen LogP contribution >= 0.6 is 0 Å². The second-order valence-electron chi connectivity index (χ2n) is 13.5. The molecule has 0 N–H and O–H groups in total. The first kappa shape index (κ1) is 34.2. The zero-order valence-corrected chi connectivity index (χ0v) is 30.7. The standard InChI is InChI=1S/C52H42N2/c1-39-40(2)52(54(46-23-13-6-14-24-46)48-37-33-44(34-38-48)30-28-42-19-9-4-10-20-42)50-26-16-15-25-49(50)51(39)53(45-21-11-5-12-22-45)47-35-31-43(32-36-47)29-27-41-17-7-3-8-18-41/h3-38H,1-2H3/b29-27+,30-28+. The van der Waals surface area contributed by atoms with Crippen LogP contribution in [0, 0.1) is 13.8 Å². The summed E-state index contributed by atoms with van der Waals surface area (Å²) in [5.41, 5.74) is 13.9. The molecule has 0 aromatic heterocycles. The minimum atomic E-state index is 1.11. The summed E-state index contributed by atoms with van der Waals surface area (Å²) in [6.07, 6.45) is 8.68. The molecule has 54 heavy (non-hydrogen) atoms. The number of anilines is 6. The van der Waals surface area contributed by atoms with Gasteiger partial charge >= 0.3 is 0 Å². The van der Waals surface area contributed by atoms with Crippen molar-refractivity contribution in [1.82, 2.24) is 0 Å². The van der Waals surface area contributed by atoms with E-state index < -0.39 is 0 Å². The summed E-state index contributed by atoms with van der Waals surface area (Å²) in [4.78, 5) is 4.83. The van der Waals surface area contributed by atoms with Gasteiger partial charge < -0.3 is 9.80 Å². The fourth-order valence-corrected chi connectivity index (χ4v) is 7.18. The Kier molecular flexibility index (Phi) is 9.99. The summed E-state index contributed by atoms with van der Waals surface area (Å²) in [5.74, 6) is 0. The lowest BCUT2D eigenvalue weighted by Gasteiger charge is -2.34. The third-order valence-corrected chi connectivity index (χ3v) is 10.0. The van der Waals surface area contributed by atoms with Gasteiger partial charge in [-0.3, -0.25) is 0 Å². The highest BCUT2D eigenvalue weighted by molar-refractivity contribution is 6.10. The number of hydrogen-bond acceptors (Lipinski definition) is 2. The van der Waals surface area contributed by atoms with Crippen molar-refractivity contribution in [2.75, 3.05) is 9.80 Å². The predicted molar refractivity (Wildman–Crippen MR) is 234 cm³/mol. The summed E-state index contributed by atoms with van der Waals surface area (Å²) in [6, 6.07) is 68.9. The molecule has 0 unspecified atom stereocenters. The molecule has 8 aromatic carbocycles. The average Bonchev–Trinajstić information content (AvgIpc) is 3.24. The van der Waals surface area contributed by atoms with E-state index in [4.69, 9.17) is 0 Å². The topological polar surface area (TPSA) is 6.48 Å². The van der Waals surface area contributed by atoms with E-state index in [-0.39, 0.29) is 0 Å². The number of benzene rings is 8. The predicted octanol–water partition coefficient (Wildman–Crippen LogP) is 14.7. The molecular weight excluding hydrogens is 653 g/mol. The van der Waals surface area contributed by atoms with Gasteiger partial charge in [0.1, 0.15) is 0 Å². The zero-order valence-electron chi connectivity index (χ0n) is 30.7. The maximum Gasteiger partial charge on any atom is 0.0573 e. The summed E-state index contributed by atoms with van der Waals surface area (Å²) in [6.45, 7) is 4.54. The lowest BCUT2D eigenvalue weighted by molar-refractivity contribution is 1.21. The molecule has 0 amide bonds. The minimum Gasteiger partial charge on any atom is -0.310 e. The molecule has 0 bridgehead atoms. The molecule has 0 saturated heterocycles. The first-order valence-corrected chi connectivity index (χ1v) is 18.5. The smallest absolute Gasteiger partial charge is 0.0573 e. The van der Waals surface area contributed by atoms with Crippen LogP contribution in [0.2, 0.25) is 0 Å². The molecule has 0 aliphatic carbocycles. The molecule has 260 valence electrons. The van der Waals surface area contributed by atoms with Gasteiger partial charge in [0.2, 0.25) is 0 Å². The molecule has 8 rings (SSSR count). The van der Waals surface area contributed by atoms with Crippen molar-refractivity contribution >= 4 is 69.2 Å². The van der Waals surface area contributed by atoms with Crippen LogP contribution in [-0.2, 0) is 0 Å². The van der Waals surface area contributed by atoms with Crippen LogP contribution in [-0.4, -0.2) is 0 Å². The minimum absolute atomic E-state index is 1.11. The molecule has 2 heteroatoms. The third-order valence-electron chi connectivity index (χ3n) is 10.0. The second kappa shape index (κ2) is 15.8. The van der Waals surface area contributed by atoms with E-state index in [0.717, 1.165) is 33.9 Å². The molecule has 8 aromatic rings. The van der Waals surface area contributed by atoms with Gasteiger partial charge in [-0.2, -0.15) is 0 Å². The van der Waals surface area contributed by atoms with Crippen LogP contribution in [0.3, 0.4) is 0 Å². The number of nitrogens with zero attached hydrogens (tertiary/aromatic N) is 2. The molecule has 0 spiro atoms. The molecule has 0 aliphatic heterocycles. The highest BCUT2D eigenvalue weighted by atomic mass is 15.2. The van der Waals surface area contributed by atoms with Crippen molar-refractivity contribution in [3.8, 4) is 0 Å². The summed E-state index contributed by atoms with van der Waals surface area (Å²) >= 11 is 0. The fraction of sp³-hybridized carbons (Fsp3) is 0.0385. The van der Waals surface area contributed by atoms with Crippen LogP contribution < -0.4 is 9.80 Å². The van der Waals surface area contributed by atoms with Crippen LogP contribution in [0.1, 0.15) is 33.4 Å². The number of fused-ring (bicyclic) bond motifs is 1. The van der Waals surface area contributed by atoms with E-state index in [9.17, 15) is 0 Å². The van der Waals surface area contributed by atoms with Crippen molar-refractivity contribution < 1.29 is 0 Å². The third kappa shape index (κ3) is 7.24. The Bertz CT molecular complexity index is 2340. The Hall–Kier alpha value is -6.90. The van der Waals surface area contributed by atoms with E-state index >= 15 is 0 Å². The molecule has 0 atom stereocenters. The van der Waals surface area contributed by atoms with Gasteiger partial charge in [-0.05, 0) is 95.8 Å². The van der Waals surface area contributed by atoms with E-state index in [2.05, 4.69) is 230 Å². The van der Waals surface area contributed by atoms with Gasteiger partial charge in [0, 0.05) is 33.5 Å². The number of para-hydroxylation sites is 2. The molecular formula is C52H42N2. The molecule has 0 fully saturated rings. The molecule has 2 nitrogen and oxygen atoms in total. The number of rotatable bonds is 10. The quantitative estimate of drug-likeness (QED) is 0.132. The highest BCUT2D eigenvalue weighted by Crippen LogP contribution is 2.49. The van der Waals surface area contributed by atoms with E-state index in [1.165, 1.54) is 44.4 Å². The van der Waals surface area contributed by atoms with Gasteiger partial charge in [0.15, 0.2) is 0 Å². The first-order valence-electron chi connectivity index (χ1n) is 18.5. The van der Waals surface area contributed by atoms with E-state index in [1.807, 2.05) is 12.1 Å². The Labute approximate surface area is 319 Å². The van der Waals surface area contributed by atoms with Gasteiger partial charge in [-0.25, -0.2) is 0 Å². The molecule has 0 saturated carbocycles. The summed E-state index contributed by atoms with van der Waals surface area (Å²) in [7, 11) is 0. The lowest BCUT2D eigenvalue weighted by atomic mass is 9.94. The number of hydrogen-bond donors (Lipinski definition) is 0. The summed E-state index contributed by atoms with van der Waals surface area (Å²) in [5, 5.41) is 2.38. The molecule has 0 radical (unpaired) electrons. The normalized spacial score (nSPS) is 11.4. The van der Waals surface area contributed by atoms with Crippen molar-refractivity contribution in [2.45, 2.75) is 13.8 Å². The van der Waals surface area contributed by atoms with Gasteiger partial charge in [0.25, 0.3) is 0 Å². The van der Waals surface area contributed by atoms with Gasteiger partial charge in [-0.1, -0.05) is 170 Å². The Morgan fingerprint density at radius 2 is 0.537 bits per heavy atom. The zero-order chi connectivity index (χ0) is 36.7. The average molecular weight is 695 g/mol. The maximum absolute atomic E-state index is 2.42. The van der Waals surface area contributed by atoms with Crippen LogP contribution in [0.5, 0.6) is 0 Å². The molecule has 0 aliphatic rings. The van der Waals surface area contributed by atoms with Crippen molar-refractivity contribution in [1.29, 1.82) is 0 Å². The second-order valence-corrected chi connectivity index (χ2v) is 13.5. The Morgan fingerprint density at radius 3 is 0.870 bits per heavy atom.